The van der Waals surface area contributed by atoms with Crippen LogP contribution in [0.1, 0.15) is 5.69 Å². The first kappa shape index (κ1) is 7.28. The lowest BCUT2D eigenvalue weighted by Crippen LogP contribution is -1.95. The van der Waals surface area contributed by atoms with E-state index < -0.39 is 0 Å². The summed E-state index contributed by atoms with van der Waals surface area (Å²) in [4.78, 5) is 7.74. The molecule has 3 nitrogen and oxygen atoms in total. The zero-order valence-electron chi connectivity index (χ0n) is 5.85. The normalized spacial score (nSPS) is 9.50. The molecule has 0 fully saturated rings. The summed E-state index contributed by atoms with van der Waals surface area (Å²) in [5, 5.41) is 3.23. The molecule has 0 amide bonds. The smallest absolute Gasteiger partial charge is 0.222 e. The van der Waals surface area contributed by atoms with E-state index in [2.05, 4.69) is 15.3 Å². The number of aryl methyl sites for hydroxylation is 1. The van der Waals surface area contributed by atoms with Gasteiger partial charge in [-0.3, -0.25) is 0 Å². The Morgan fingerprint density at radius 1 is 1.60 bits per heavy atom. The molecule has 0 aliphatic rings. The van der Waals surface area contributed by atoms with E-state index >= 15 is 0 Å². The van der Waals surface area contributed by atoms with Crippen LogP contribution in [0.2, 0.25) is 5.28 Å². The van der Waals surface area contributed by atoms with Crippen molar-refractivity contribution in [3.63, 3.8) is 0 Å². The molecule has 0 saturated heterocycles. The number of hydrogen-bond donors (Lipinski definition) is 1. The van der Waals surface area contributed by atoms with Gasteiger partial charge in [0.2, 0.25) is 5.28 Å². The third-order valence-corrected chi connectivity index (χ3v) is 1.40. The van der Waals surface area contributed by atoms with E-state index in [0.717, 1.165) is 11.4 Å². The van der Waals surface area contributed by atoms with Gasteiger partial charge < -0.3 is 5.32 Å². The first-order valence-corrected chi connectivity index (χ1v) is 3.28. The van der Waals surface area contributed by atoms with Gasteiger partial charge in [-0.05, 0) is 18.5 Å². The molecule has 1 aromatic heterocycles. The predicted octanol–water partition coefficient (Wildman–Crippen LogP) is 1.48. The van der Waals surface area contributed by atoms with Gasteiger partial charge in [-0.1, -0.05) is 0 Å². The summed E-state index contributed by atoms with van der Waals surface area (Å²) in [6.07, 6.45) is 1.66. The van der Waals surface area contributed by atoms with Gasteiger partial charge in [0, 0.05) is 7.05 Å². The molecular formula is C6H8ClN3. The molecule has 1 heterocycles. The first-order chi connectivity index (χ1) is 4.74. The van der Waals surface area contributed by atoms with Crippen molar-refractivity contribution in [2.45, 2.75) is 6.92 Å². The molecule has 1 rings (SSSR count). The van der Waals surface area contributed by atoms with Crippen LogP contribution in [0.3, 0.4) is 0 Å². The number of nitrogens with one attached hydrogen (secondary N) is 1. The third-order valence-electron chi connectivity index (χ3n) is 1.22. The van der Waals surface area contributed by atoms with Crippen molar-refractivity contribution in [2.75, 3.05) is 12.4 Å². The minimum Gasteiger partial charge on any atom is -0.385 e. The summed E-state index contributed by atoms with van der Waals surface area (Å²) in [7, 11) is 1.82. The highest BCUT2D eigenvalue weighted by molar-refractivity contribution is 6.28. The molecule has 0 spiro atoms. The van der Waals surface area contributed by atoms with Gasteiger partial charge in [0.25, 0.3) is 0 Å². The number of anilines is 1. The number of aromatic nitrogens is 2. The second-order valence-electron chi connectivity index (χ2n) is 1.89. The summed E-state index contributed by atoms with van der Waals surface area (Å²) in [6.45, 7) is 1.87. The second kappa shape index (κ2) is 2.84. The Morgan fingerprint density at radius 2 is 2.30 bits per heavy atom. The molecule has 0 unspecified atom stereocenters. The average Bonchev–Trinajstić information content (AvgIpc) is 1.88. The fourth-order valence-corrected chi connectivity index (χ4v) is 0.860. The van der Waals surface area contributed by atoms with E-state index in [-0.39, 0.29) is 5.28 Å². The Bertz CT molecular complexity index is 236. The fourth-order valence-electron chi connectivity index (χ4n) is 0.684. The molecule has 0 aromatic carbocycles. The highest BCUT2D eigenvalue weighted by Crippen LogP contribution is 2.10. The fraction of sp³-hybridized carbons (Fsp3) is 0.333. The summed E-state index contributed by atoms with van der Waals surface area (Å²) in [6, 6.07) is 0. The molecule has 0 bridgehead atoms. The summed E-state index contributed by atoms with van der Waals surface area (Å²) in [5.41, 5.74) is 1.77. The Kier molecular flexibility index (Phi) is 2.06. The van der Waals surface area contributed by atoms with E-state index in [1.54, 1.807) is 6.20 Å². The molecule has 1 N–H and O–H groups in total. The van der Waals surface area contributed by atoms with Gasteiger partial charge in [-0.2, -0.15) is 0 Å². The van der Waals surface area contributed by atoms with Crippen LogP contribution in [-0.2, 0) is 0 Å². The Balaban J connectivity index is 3.07. The molecule has 10 heavy (non-hydrogen) atoms. The molecule has 1 aromatic rings. The van der Waals surface area contributed by atoms with E-state index in [0.29, 0.717) is 0 Å². The summed E-state index contributed by atoms with van der Waals surface area (Å²) < 4.78 is 0. The zero-order chi connectivity index (χ0) is 7.56. The second-order valence-corrected chi connectivity index (χ2v) is 2.23. The highest BCUT2D eigenvalue weighted by Gasteiger charge is 1.97. The maximum absolute atomic E-state index is 5.52. The lowest BCUT2D eigenvalue weighted by atomic mass is 10.4. The van der Waals surface area contributed by atoms with Crippen LogP contribution in [-0.4, -0.2) is 17.0 Å². The van der Waals surface area contributed by atoms with Crippen molar-refractivity contribution in [1.29, 1.82) is 0 Å². The molecule has 0 aliphatic heterocycles. The van der Waals surface area contributed by atoms with Gasteiger partial charge in [-0.25, -0.2) is 9.97 Å². The maximum atomic E-state index is 5.52. The van der Waals surface area contributed by atoms with Crippen LogP contribution < -0.4 is 5.32 Å². The highest BCUT2D eigenvalue weighted by atomic mass is 35.5. The number of rotatable bonds is 1. The van der Waals surface area contributed by atoms with Gasteiger partial charge in [-0.15, -0.1) is 0 Å². The van der Waals surface area contributed by atoms with Crippen molar-refractivity contribution in [3.05, 3.63) is 17.2 Å². The zero-order valence-corrected chi connectivity index (χ0v) is 6.61. The van der Waals surface area contributed by atoms with E-state index in [4.69, 9.17) is 11.6 Å². The topological polar surface area (TPSA) is 37.8 Å². The Labute approximate surface area is 64.5 Å². The first-order valence-electron chi connectivity index (χ1n) is 2.91. The lowest BCUT2D eigenvalue weighted by molar-refractivity contribution is 1.10. The molecule has 4 heteroatoms. The van der Waals surface area contributed by atoms with E-state index in [1.807, 2.05) is 14.0 Å². The van der Waals surface area contributed by atoms with Crippen molar-refractivity contribution >= 4 is 17.3 Å². The van der Waals surface area contributed by atoms with Gasteiger partial charge in [0.15, 0.2) is 0 Å². The third kappa shape index (κ3) is 1.36. The monoisotopic (exact) mass is 157 g/mol. The van der Waals surface area contributed by atoms with E-state index in [9.17, 15) is 0 Å². The van der Waals surface area contributed by atoms with Gasteiger partial charge in [0.1, 0.15) is 0 Å². The largest absolute Gasteiger partial charge is 0.385 e. The van der Waals surface area contributed by atoms with Crippen LogP contribution in [0.15, 0.2) is 6.20 Å². The quantitative estimate of drug-likeness (QED) is 0.628. The van der Waals surface area contributed by atoms with Crippen molar-refractivity contribution in [2.24, 2.45) is 0 Å². The average molecular weight is 158 g/mol. The molecular weight excluding hydrogens is 150 g/mol. The van der Waals surface area contributed by atoms with Crippen LogP contribution in [0.4, 0.5) is 5.69 Å². The molecule has 0 atom stereocenters. The van der Waals surface area contributed by atoms with Gasteiger partial charge in [0.05, 0.1) is 17.6 Å². The number of nitrogens with zero attached hydrogens (tertiary/aromatic N) is 2. The van der Waals surface area contributed by atoms with Crippen LogP contribution >= 0.6 is 11.6 Å². The lowest BCUT2D eigenvalue weighted by Gasteiger charge is -2.01. The Hall–Kier alpha value is -0.830. The number of hydrogen-bond acceptors (Lipinski definition) is 3. The van der Waals surface area contributed by atoms with Crippen LogP contribution in [0.25, 0.3) is 0 Å². The Morgan fingerprint density at radius 3 is 2.80 bits per heavy atom. The van der Waals surface area contributed by atoms with E-state index in [1.165, 1.54) is 0 Å². The van der Waals surface area contributed by atoms with Gasteiger partial charge >= 0.3 is 0 Å². The minimum absolute atomic E-state index is 0.288. The molecule has 54 valence electrons. The SMILES string of the molecule is CNc1cnc(Cl)nc1C. The van der Waals surface area contributed by atoms with Crippen molar-refractivity contribution in [1.82, 2.24) is 9.97 Å². The molecule has 0 aliphatic carbocycles. The van der Waals surface area contributed by atoms with Crippen LogP contribution in [0.5, 0.6) is 0 Å². The van der Waals surface area contributed by atoms with Crippen molar-refractivity contribution in [3.8, 4) is 0 Å². The maximum Gasteiger partial charge on any atom is 0.222 e. The molecule has 0 radical (unpaired) electrons. The minimum atomic E-state index is 0.288. The van der Waals surface area contributed by atoms with Crippen LogP contribution in [0, 0.1) is 6.92 Å². The number of halogens is 1. The summed E-state index contributed by atoms with van der Waals surface area (Å²) >= 11 is 5.52. The predicted molar refractivity (Wildman–Crippen MR) is 41.3 cm³/mol. The standard InChI is InChI=1S/C6H8ClN3/c1-4-5(8-2)3-9-6(7)10-4/h3,8H,1-2H3. The molecule has 0 saturated carbocycles. The van der Waals surface area contributed by atoms with Crippen molar-refractivity contribution < 1.29 is 0 Å². The summed E-state index contributed by atoms with van der Waals surface area (Å²) in [5.74, 6) is 0.